The van der Waals surface area contributed by atoms with Crippen LogP contribution in [0.5, 0.6) is 0 Å². The predicted molar refractivity (Wildman–Crippen MR) is 85.9 cm³/mol. The van der Waals surface area contributed by atoms with E-state index in [9.17, 15) is 13.2 Å². The maximum atomic E-state index is 12.4. The Bertz CT molecular complexity index is 759. The molecule has 1 aromatic rings. The molecular weight excluding hydrogens is 334 g/mol. The largest absolute Gasteiger partial charge is 0.338 e. The molecule has 1 aromatic carbocycles. The van der Waals surface area contributed by atoms with Gasteiger partial charge in [0.05, 0.1) is 30.4 Å². The van der Waals surface area contributed by atoms with Crippen LogP contribution in [0.2, 0.25) is 0 Å². The van der Waals surface area contributed by atoms with Crippen LogP contribution >= 0.6 is 0 Å². The lowest BCUT2D eigenvalue weighted by Crippen LogP contribution is -2.43. The van der Waals surface area contributed by atoms with Gasteiger partial charge in [0.2, 0.25) is 0 Å². The van der Waals surface area contributed by atoms with Crippen LogP contribution in [-0.4, -0.2) is 34.1 Å². The van der Waals surface area contributed by atoms with Crippen LogP contribution in [0.3, 0.4) is 0 Å². The average molecular weight is 355 g/mol. The molecule has 7 nitrogen and oxygen atoms in total. The smallest absolute Gasteiger partial charge is 0.297 e. The van der Waals surface area contributed by atoms with E-state index in [1.54, 1.807) is 0 Å². The van der Waals surface area contributed by atoms with Gasteiger partial charge in [-0.2, -0.15) is 8.42 Å². The van der Waals surface area contributed by atoms with E-state index < -0.39 is 21.8 Å². The third-order valence-electron chi connectivity index (χ3n) is 3.73. The van der Waals surface area contributed by atoms with Gasteiger partial charge in [-0.15, -0.1) is 0 Å². The summed E-state index contributed by atoms with van der Waals surface area (Å²) in [5.41, 5.74) is 0.558. The SMILES string of the molecule is CC(C)(C)COS(=O)(=O)c1ccc2c(c1)C1(OCCCO1)C(=O)N2. The Balaban J connectivity index is 1.96. The van der Waals surface area contributed by atoms with Crippen LogP contribution in [-0.2, 0) is 34.4 Å². The number of rotatable bonds is 3. The van der Waals surface area contributed by atoms with Crippen LogP contribution in [0.4, 0.5) is 5.69 Å². The summed E-state index contributed by atoms with van der Waals surface area (Å²) in [7, 11) is -3.94. The second kappa shape index (κ2) is 5.80. The van der Waals surface area contributed by atoms with Gasteiger partial charge in [-0.3, -0.25) is 8.98 Å². The zero-order valence-corrected chi connectivity index (χ0v) is 14.7. The molecule has 0 aromatic heterocycles. The number of nitrogens with one attached hydrogen (secondary N) is 1. The number of hydrogen-bond acceptors (Lipinski definition) is 6. The van der Waals surface area contributed by atoms with Crippen LogP contribution < -0.4 is 5.32 Å². The first-order chi connectivity index (χ1) is 11.1. The number of amides is 1. The third-order valence-corrected chi connectivity index (χ3v) is 4.99. The Labute approximate surface area is 141 Å². The van der Waals surface area contributed by atoms with Crippen LogP contribution in [0, 0.1) is 5.41 Å². The number of hydrogen-bond donors (Lipinski definition) is 1. The Morgan fingerprint density at radius 2 is 1.92 bits per heavy atom. The monoisotopic (exact) mass is 355 g/mol. The Morgan fingerprint density at radius 1 is 1.25 bits per heavy atom. The second-order valence-electron chi connectivity index (χ2n) is 7.11. The minimum atomic E-state index is -3.94. The van der Waals surface area contributed by atoms with Crippen molar-refractivity contribution in [3.05, 3.63) is 23.8 Å². The molecule has 1 N–H and O–H groups in total. The first-order valence-electron chi connectivity index (χ1n) is 7.77. The predicted octanol–water partition coefficient (Wildman–Crippen LogP) is 1.98. The summed E-state index contributed by atoms with van der Waals surface area (Å²) in [6, 6.07) is 4.31. The molecule has 1 saturated heterocycles. The lowest BCUT2D eigenvalue weighted by atomic mass is 9.99. The number of ether oxygens (including phenoxy) is 2. The van der Waals surface area contributed by atoms with Gasteiger partial charge in [0, 0.05) is 5.56 Å². The normalized spacial score (nSPS) is 20.0. The first-order valence-corrected chi connectivity index (χ1v) is 9.18. The van der Waals surface area contributed by atoms with Crippen molar-refractivity contribution in [2.75, 3.05) is 25.1 Å². The molecular formula is C16H21NO6S. The molecule has 0 unspecified atom stereocenters. The molecule has 132 valence electrons. The number of carbonyl (C=O) groups is 1. The van der Waals surface area contributed by atoms with Gasteiger partial charge in [-0.1, -0.05) is 20.8 Å². The standard InChI is InChI=1S/C16H21NO6S/c1-15(2,3)10-23-24(19,20)11-5-6-13-12(9-11)16(14(18)17-13)21-7-4-8-22-16/h5-6,9H,4,7-8,10H2,1-3H3,(H,17,18). The van der Waals surface area contributed by atoms with Crippen LogP contribution in [0.1, 0.15) is 32.8 Å². The van der Waals surface area contributed by atoms with E-state index in [0.717, 1.165) is 0 Å². The van der Waals surface area contributed by atoms with Gasteiger partial charge in [0.25, 0.3) is 21.8 Å². The molecule has 0 aliphatic carbocycles. The van der Waals surface area contributed by atoms with E-state index in [2.05, 4.69) is 5.32 Å². The Hall–Kier alpha value is -1.48. The summed E-state index contributed by atoms with van der Waals surface area (Å²) in [5, 5.41) is 2.67. The van der Waals surface area contributed by atoms with Crippen LogP contribution in [0.15, 0.2) is 23.1 Å². The first kappa shape index (κ1) is 17.3. The molecule has 1 fully saturated rings. The minimum Gasteiger partial charge on any atom is -0.338 e. The van der Waals surface area contributed by atoms with Crippen molar-refractivity contribution in [3.8, 4) is 0 Å². The van der Waals surface area contributed by atoms with Gasteiger partial charge in [0.15, 0.2) is 0 Å². The quantitative estimate of drug-likeness (QED) is 0.834. The fourth-order valence-corrected chi connectivity index (χ4v) is 3.67. The van der Waals surface area contributed by atoms with E-state index in [0.29, 0.717) is 30.9 Å². The second-order valence-corrected chi connectivity index (χ2v) is 8.72. The van der Waals surface area contributed by atoms with E-state index in [-0.39, 0.29) is 16.9 Å². The van der Waals surface area contributed by atoms with E-state index >= 15 is 0 Å². The lowest BCUT2D eigenvalue weighted by molar-refractivity contribution is -0.255. The molecule has 3 rings (SSSR count). The molecule has 1 spiro atoms. The van der Waals surface area contributed by atoms with Gasteiger partial charge in [-0.05, 0) is 30.0 Å². The maximum Gasteiger partial charge on any atom is 0.297 e. The van der Waals surface area contributed by atoms with E-state index in [1.165, 1.54) is 18.2 Å². The molecule has 1 amide bonds. The highest BCUT2D eigenvalue weighted by atomic mass is 32.2. The van der Waals surface area contributed by atoms with Crippen molar-refractivity contribution >= 4 is 21.7 Å². The third kappa shape index (κ3) is 3.06. The van der Waals surface area contributed by atoms with E-state index in [1.807, 2.05) is 20.8 Å². The molecule has 2 heterocycles. The highest BCUT2D eigenvalue weighted by Gasteiger charge is 2.51. The topological polar surface area (TPSA) is 90.9 Å². The highest BCUT2D eigenvalue weighted by Crippen LogP contribution is 2.42. The molecule has 0 radical (unpaired) electrons. The molecule has 0 saturated carbocycles. The summed E-state index contributed by atoms with van der Waals surface area (Å²) >= 11 is 0. The van der Waals surface area contributed by atoms with Gasteiger partial charge in [0.1, 0.15) is 0 Å². The van der Waals surface area contributed by atoms with Gasteiger partial charge < -0.3 is 14.8 Å². The zero-order valence-electron chi connectivity index (χ0n) is 13.9. The van der Waals surface area contributed by atoms with Crippen molar-refractivity contribution in [1.82, 2.24) is 0 Å². The Kier molecular flexibility index (Phi) is 4.19. The summed E-state index contributed by atoms with van der Waals surface area (Å²) in [6.45, 7) is 6.43. The molecule has 24 heavy (non-hydrogen) atoms. The number of anilines is 1. The molecule has 0 atom stereocenters. The maximum absolute atomic E-state index is 12.4. The van der Waals surface area contributed by atoms with Crippen LogP contribution in [0.25, 0.3) is 0 Å². The molecule has 8 heteroatoms. The zero-order chi connectivity index (χ0) is 17.6. The van der Waals surface area contributed by atoms with Crippen molar-refractivity contribution in [2.24, 2.45) is 5.41 Å². The minimum absolute atomic E-state index is 0.0286. The van der Waals surface area contributed by atoms with Gasteiger partial charge >= 0.3 is 0 Å². The highest BCUT2D eigenvalue weighted by molar-refractivity contribution is 7.86. The summed E-state index contributed by atoms with van der Waals surface area (Å²) in [4.78, 5) is 12.3. The number of carbonyl (C=O) groups excluding carboxylic acids is 1. The lowest BCUT2D eigenvalue weighted by Gasteiger charge is -2.31. The number of fused-ring (bicyclic) bond motifs is 2. The average Bonchev–Trinajstić information content (AvgIpc) is 2.78. The summed E-state index contributed by atoms with van der Waals surface area (Å²) < 4.78 is 41.1. The van der Waals surface area contributed by atoms with Crippen molar-refractivity contribution in [1.29, 1.82) is 0 Å². The number of benzene rings is 1. The molecule has 0 bridgehead atoms. The molecule has 2 aliphatic rings. The van der Waals surface area contributed by atoms with Gasteiger partial charge in [-0.25, -0.2) is 0 Å². The fraction of sp³-hybridized carbons (Fsp3) is 0.562. The van der Waals surface area contributed by atoms with Crippen molar-refractivity contribution in [3.63, 3.8) is 0 Å². The van der Waals surface area contributed by atoms with E-state index in [4.69, 9.17) is 13.7 Å². The summed E-state index contributed by atoms with van der Waals surface area (Å²) in [5.74, 6) is -2.01. The molecule has 2 aliphatic heterocycles. The summed E-state index contributed by atoms with van der Waals surface area (Å²) in [6.07, 6.45) is 0.678. The Morgan fingerprint density at radius 3 is 2.54 bits per heavy atom. The van der Waals surface area contributed by atoms with Crippen molar-refractivity contribution in [2.45, 2.75) is 37.9 Å². The fourth-order valence-electron chi connectivity index (χ4n) is 2.53. The van der Waals surface area contributed by atoms with Crippen molar-refractivity contribution < 1.29 is 26.9 Å².